The first kappa shape index (κ1) is 11.8. The molecule has 3 heteroatoms. The lowest BCUT2D eigenvalue weighted by Gasteiger charge is -2.26. The molecule has 88 valence electrons. The van der Waals surface area contributed by atoms with Crippen molar-refractivity contribution in [3.05, 3.63) is 16.1 Å². The molecule has 0 bridgehead atoms. The highest BCUT2D eigenvalue weighted by molar-refractivity contribution is 7.09. The fourth-order valence-electron chi connectivity index (χ4n) is 2.52. The highest BCUT2D eigenvalue weighted by Crippen LogP contribution is 2.30. The zero-order valence-electron chi connectivity index (χ0n) is 10.0. The number of carbonyl (C=O) groups excluding carboxylic acids is 1. The van der Waals surface area contributed by atoms with Crippen molar-refractivity contribution in [3.63, 3.8) is 0 Å². The van der Waals surface area contributed by atoms with E-state index >= 15 is 0 Å². The molecule has 0 aliphatic heterocycles. The van der Waals surface area contributed by atoms with Gasteiger partial charge in [-0.3, -0.25) is 4.79 Å². The minimum Gasteiger partial charge on any atom is -0.299 e. The summed E-state index contributed by atoms with van der Waals surface area (Å²) in [7, 11) is 0. The van der Waals surface area contributed by atoms with Gasteiger partial charge in [-0.2, -0.15) is 0 Å². The van der Waals surface area contributed by atoms with Gasteiger partial charge in [-0.1, -0.05) is 13.3 Å². The second-order valence-electron chi connectivity index (χ2n) is 4.77. The summed E-state index contributed by atoms with van der Waals surface area (Å²) in [6.07, 6.45) is 5.03. The summed E-state index contributed by atoms with van der Waals surface area (Å²) in [6, 6.07) is 0. The van der Waals surface area contributed by atoms with Gasteiger partial charge in [0.25, 0.3) is 0 Å². The average Bonchev–Trinajstić information content (AvgIpc) is 2.67. The van der Waals surface area contributed by atoms with Gasteiger partial charge in [-0.25, -0.2) is 4.98 Å². The quantitative estimate of drug-likeness (QED) is 0.806. The second kappa shape index (κ2) is 5.09. The van der Waals surface area contributed by atoms with Gasteiger partial charge in [0.15, 0.2) is 0 Å². The number of rotatable bonds is 3. The maximum absolute atomic E-state index is 11.8. The number of aryl methyl sites for hydroxylation is 1. The lowest BCUT2D eigenvalue weighted by atomic mass is 9.77. The van der Waals surface area contributed by atoms with E-state index in [0.29, 0.717) is 5.78 Å². The second-order valence-corrected chi connectivity index (χ2v) is 5.84. The van der Waals surface area contributed by atoms with E-state index in [2.05, 4.69) is 17.3 Å². The number of Topliss-reactive ketones (excluding diaryl/α,β-unsaturated/α-hetero) is 1. The number of thiazole rings is 1. The smallest absolute Gasteiger partial charge is 0.136 e. The molecule has 2 rings (SSSR count). The molecule has 1 heterocycles. The van der Waals surface area contributed by atoms with Gasteiger partial charge in [-0.15, -0.1) is 11.3 Å². The molecule has 1 aromatic rings. The summed E-state index contributed by atoms with van der Waals surface area (Å²) in [6.45, 7) is 4.25. The van der Waals surface area contributed by atoms with Crippen LogP contribution in [0.15, 0.2) is 5.38 Å². The summed E-state index contributed by atoms with van der Waals surface area (Å²) < 4.78 is 0. The normalized spacial score (nSPS) is 26.0. The van der Waals surface area contributed by atoms with Crippen LogP contribution in [0.5, 0.6) is 0 Å². The average molecular weight is 237 g/mol. The number of carbonyl (C=O) groups is 1. The largest absolute Gasteiger partial charge is 0.299 e. The molecule has 0 N–H and O–H groups in total. The molecule has 1 aliphatic carbocycles. The summed E-state index contributed by atoms with van der Waals surface area (Å²) >= 11 is 1.68. The molecule has 0 spiro atoms. The van der Waals surface area contributed by atoms with E-state index in [4.69, 9.17) is 0 Å². The van der Waals surface area contributed by atoms with Crippen molar-refractivity contribution in [2.75, 3.05) is 0 Å². The lowest BCUT2D eigenvalue weighted by Crippen LogP contribution is -2.26. The Bertz CT molecular complexity index is 372. The number of aromatic nitrogens is 1. The Morgan fingerprint density at radius 2 is 2.38 bits per heavy atom. The van der Waals surface area contributed by atoms with Gasteiger partial charge in [-0.05, 0) is 25.7 Å². The van der Waals surface area contributed by atoms with Crippen LogP contribution in [0, 0.1) is 18.8 Å². The van der Waals surface area contributed by atoms with Crippen LogP contribution in [0.25, 0.3) is 0 Å². The third kappa shape index (κ3) is 2.70. The summed E-state index contributed by atoms with van der Waals surface area (Å²) in [5.74, 6) is 1.44. The van der Waals surface area contributed by atoms with E-state index in [9.17, 15) is 4.79 Å². The Morgan fingerprint density at radius 1 is 1.56 bits per heavy atom. The topological polar surface area (TPSA) is 30.0 Å². The molecule has 2 nitrogen and oxygen atoms in total. The predicted octanol–water partition coefficient (Wildman–Crippen LogP) is 3.39. The van der Waals surface area contributed by atoms with Crippen LogP contribution in [0.4, 0.5) is 0 Å². The van der Waals surface area contributed by atoms with Crippen molar-refractivity contribution in [1.82, 2.24) is 4.98 Å². The first-order chi connectivity index (χ1) is 7.69. The Labute approximate surface area is 101 Å². The Morgan fingerprint density at radius 3 is 3.00 bits per heavy atom. The van der Waals surface area contributed by atoms with Crippen LogP contribution in [0.3, 0.4) is 0 Å². The van der Waals surface area contributed by atoms with Crippen LogP contribution < -0.4 is 0 Å². The molecule has 0 aromatic carbocycles. The molecule has 1 aromatic heterocycles. The lowest BCUT2D eigenvalue weighted by molar-refractivity contribution is -0.125. The molecule has 16 heavy (non-hydrogen) atoms. The number of hydrogen-bond acceptors (Lipinski definition) is 3. The van der Waals surface area contributed by atoms with E-state index in [1.165, 1.54) is 6.42 Å². The van der Waals surface area contributed by atoms with Crippen molar-refractivity contribution in [1.29, 1.82) is 0 Å². The van der Waals surface area contributed by atoms with Gasteiger partial charge < -0.3 is 0 Å². The molecular weight excluding hydrogens is 218 g/mol. The number of nitrogens with zero attached hydrogens (tertiary/aromatic N) is 1. The number of hydrogen-bond donors (Lipinski definition) is 0. The van der Waals surface area contributed by atoms with Gasteiger partial charge >= 0.3 is 0 Å². The standard InChI is InChI=1S/C13H19NOS/c1-3-10-4-5-13(15)11(6-10)7-12-8-16-9(2)14-12/h8,10-11H,3-7H2,1-2H3. The minimum absolute atomic E-state index is 0.236. The summed E-state index contributed by atoms with van der Waals surface area (Å²) in [4.78, 5) is 16.3. The van der Waals surface area contributed by atoms with Crippen molar-refractivity contribution in [2.45, 2.75) is 46.0 Å². The Balaban J connectivity index is 1.99. The fraction of sp³-hybridized carbons (Fsp3) is 0.692. The molecule has 1 saturated carbocycles. The highest BCUT2D eigenvalue weighted by Gasteiger charge is 2.28. The monoisotopic (exact) mass is 237 g/mol. The summed E-state index contributed by atoms with van der Waals surface area (Å²) in [5, 5.41) is 3.20. The number of ketones is 1. The molecule has 2 atom stereocenters. The molecular formula is C13H19NOS. The van der Waals surface area contributed by atoms with Crippen LogP contribution >= 0.6 is 11.3 Å². The maximum atomic E-state index is 11.8. The maximum Gasteiger partial charge on any atom is 0.136 e. The van der Waals surface area contributed by atoms with E-state index in [1.807, 2.05) is 6.92 Å². The molecule has 0 amide bonds. The molecule has 1 fully saturated rings. The fourth-order valence-corrected chi connectivity index (χ4v) is 3.15. The summed E-state index contributed by atoms with van der Waals surface area (Å²) in [5.41, 5.74) is 1.11. The van der Waals surface area contributed by atoms with Crippen molar-refractivity contribution >= 4 is 17.1 Å². The van der Waals surface area contributed by atoms with Crippen LogP contribution in [-0.2, 0) is 11.2 Å². The minimum atomic E-state index is 0.236. The third-order valence-electron chi connectivity index (χ3n) is 3.57. The van der Waals surface area contributed by atoms with E-state index in [1.54, 1.807) is 11.3 Å². The highest BCUT2D eigenvalue weighted by atomic mass is 32.1. The van der Waals surface area contributed by atoms with Crippen LogP contribution in [-0.4, -0.2) is 10.8 Å². The van der Waals surface area contributed by atoms with Crippen molar-refractivity contribution in [2.24, 2.45) is 11.8 Å². The molecule has 1 aliphatic rings. The van der Waals surface area contributed by atoms with Crippen LogP contribution in [0.1, 0.15) is 43.3 Å². The van der Waals surface area contributed by atoms with Gasteiger partial charge in [0.1, 0.15) is 5.78 Å². The van der Waals surface area contributed by atoms with E-state index in [0.717, 1.165) is 42.3 Å². The van der Waals surface area contributed by atoms with E-state index < -0.39 is 0 Å². The zero-order valence-corrected chi connectivity index (χ0v) is 10.8. The molecule has 0 radical (unpaired) electrons. The Hall–Kier alpha value is -0.700. The van der Waals surface area contributed by atoms with Crippen LogP contribution in [0.2, 0.25) is 0 Å². The first-order valence-corrected chi connectivity index (χ1v) is 7.00. The first-order valence-electron chi connectivity index (χ1n) is 6.12. The van der Waals surface area contributed by atoms with Gasteiger partial charge in [0, 0.05) is 24.1 Å². The predicted molar refractivity (Wildman–Crippen MR) is 66.7 cm³/mol. The third-order valence-corrected chi connectivity index (χ3v) is 4.39. The SMILES string of the molecule is CCC1CCC(=O)C(Cc2csc(C)n2)C1. The molecule has 2 unspecified atom stereocenters. The zero-order chi connectivity index (χ0) is 11.5. The van der Waals surface area contributed by atoms with Crippen molar-refractivity contribution < 1.29 is 4.79 Å². The van der Waals surface area contributed by atoms with Crippen molar-refractivity contribution in [3.8, 4) is 0 Å². The Kier molecular flexibility index (Phi) is 3.74. The van der Waals surface area contributed by atoms with E-state index in [-0.39, 0.29) is 5.92 Å². The molecule has 0 saturated heterocycles. The van der Waals surface area contributed by atoms with Gasteiger partial charge in [0.2, 0.25) is 0 Å². The van der Waals surface area contributed by atoms with Gasteiger partial charge in [0.05, 0.1) is 10.7 Å².